The van der Waals surface area contributed by atoms with Gasteiger partial charge < -0.3 is 10.2 Å². The van der Waals surface area contributed by atoms with E-state index in [0.29, 0.717) is 17.2 Å². The van der Waals surface area contributed by atoms with Gasteiger partial charge in [-0.05, 0) is 18.6 Å². The van der Waals surface area contributed by atoms with Crippen molar-refractivity contribution in [2.45, 2.75) is 26.2 Å². The van der Waals surface area contributed by atoms with E-state index in [1.54, 1.807) is 18.2 Å². The minimum absolute atomic E-state index is 0.170. The summed E-state index contributed by atoms with van der Waals surface area (Å²) in [6.07, 6.45) is 2.93. The summed E-state index contributed by atoms with van der Waals surface area (Å²) in [4.78, 5) is 4.39. The molecule has 0 saturated heterocycles. The quantitative estimate of drug-likeness (QED) is 0.427. The van der Waals surface area contributed by atoms with Crippen LogP contribution in [0.15, 0.2) is 27.7 Å². The Morgan fingerprint density at radius 2 is 2.38 bits per heavy atom. The van der Waals surface area contributed by atoms with E-state index in [1.807, 2.05) is 6.07 Å². The summed E-state index contributed by atoms with van der Waals surface area (Å²) in [7, 11) is 0. The molecule has 7 heteroatoms. The summed E-state index contributed by atoms with van der Waals surface area (Å²) >= 11 is 0. The molecule has 2 aromatic rings. The Bertz CT molecular complexity index is 725. The summed E-state index contributed by atoms with van der Waals surface area (Å²) in [5.74, 6) is 0.335. The van der Waals surface area contributed by atoms with Crippen LogP contribution in [0.1, 0.15) is 25.7 Å². The van der Waals surface area contributed by atoms with Crippen molar-refractivity contribution in [3.05, 3.63) is 24.1 Å². The van der Waals surface area contributed by atoms with Crippen LogP contribution in [0.25, 0.3) is 11.1 Å². The minimum atomic E-state index is -0.382. The van der Waals surface area contributed by atoms with Gasteiger partial charge in [-0.3, -0.25) is 10.8 Å². The molecule has 0 fully saturated rings. The van der Waals surface area contributed by atoms with E-state index < -0.39 is 0 Å². The lowest BCUT2D eigenvalue weighted by molar-refractivity contribution is 0.518. The molecule has 1 heterocycles. The second-order valence-corrected chi connectivity index (χ2v) is 4.49. The minimum Gasteiger partial charge on any atom is -0.441 e. The average molecular weight is 284 g/mol. The average Bonchev–Trinajstić information content (AvgIpc) is 2.87. The van der Waals surface area contributed by atoms with Crippen LogP contribution in [-0.2, 0) is 6.42 Å². The zero-order valence-electron chi connectivity index (χ0n) is 11.7. The van der Waals surface area contributed by atoms with Crippen molar-refractivity contribution in [1.82, 2.24) is 4.98 Å². The van der Waals surface area contributed by atoms with Crippen LogP contribution in [0.2, 0.25) is 0 Å². The maximum atomic E-state index is 8.76. The van der Waals surface area contributed by atoms with Crippen LogP contribution in [0.4, 0.5) is 5.69 Å². The lowest BCUT2D eigenvalue weighted by Crippen LogP contribution is -2.21. The first-order valence-electron chi connectivity index (χ1n) is 6.61. The van der Waals surface area contributed by atoms with Crippen molar-refractivity contribution >= 4 is 28.3 Å². The number of rotatable bonds is 6. The zero-order chi connectivity index (χ0) is 15.2. The number of benzene rings is 1. The highest BCUT2D eigenvalue weighted by molar-refractivity contribution is 6.45. The Kier molecular flexibility index (Phi) is 4.51. The normalized spacial score (nSPS) is 11.3. The summed E-state index contributed by atoms with van der Waals surface area (Å²) < 4.78 is 5.66. The van der Waals surface area contributed by atoms with Crippen LogP contribution >= 0.6 is 0 Å². The number of nitrogens with zero attached hydrogens (tertiary/aromatic N) is 3. The fourth-order valence-corrected chi connectivity index (χ4v) is 1.74. The molecule has 0 radical (unpaired) electrons. The molecular weight excluding hydrogens is 268 g/mol. The van der Waals surface area contributed by atoms with Crippen LogP contribution in [-0.4, -0.2) is 16.5 Å². The molecule has 7 nitrogen and oxygen atoms in total. The van der Waals surface area contributed by atoms with E-state index >= 15 is 0 Å². The Balaban J connectivity index is 2.19. The van der Waals surface area contributed by atoms with E-state index in [1.165, 1.54) is 0 Å². The van der Waals surface area contributed by atoms with E-state index in [-0.39, 0.29) is 11.5 Å². The monoisotopic (exact) mass is 284 g/mol. The number of amidine groups is 1. The second kappa shape index (κ2) is 6.52. The van der Waals surface area contributed by atoms with Gasteiger partial charge in [-0.2, -0.15) is 10.4 Å². The molecule has 108 valence electrons. The number of aryl methyl sites for hydroxylation is 1. The first-order valence-corrected chi connectivity index (χ1v) is 6.61. The predicted molar refractivity (Wildman–Crippen MR) is 81.2 cm³/mol. The molecule has 0 atom stereocenters. The van der Waals surface area contributed by atoms with Gasteiger partial charge in [0, 0.05) is 12.5 Å². The lowest BCUT2D eigenvalue weighted by Gasteiger charge is -2.00. The van der Waals surface area contributed by atoms with Crippen molar-refractivity contribution < 1.29 is 4.42 Å². The van der Waals surface area contributed by atoms with Gasteiger partial charge in [-0.1, -0.05) is 13.3 Å². The molecule has 2 rings (SSSR count). The van der Waals surface area contributed by atoms with Crippen molar-refractivity contribution in [2.75, 3.05) is 5.43 Å². The topological polar surface area (TPSA) is 124 Å². The molecule has 0 aliphatic heterocycles. The van der Waals surface area contributed by atoms with Crippen molar-refractivity contribution in [3.8, 4) is 6.07 Å². The third-order valence-electron chi connectivity index (χ3n) is 2.83. The molecule has 0 spiro atoms. The first kappa shape index (κ1) is 14.5. The third-order valence-corrected chi connectivity index (χ3v) is 2.83. The fraction of sp³-hybridized carbons (Fsp3) is 0.286. The molecule has 4 N–H and O–H groups in total. The van der Waals surface area contributed by atoms with Gasteiger partial charge in [0.15, 0.2) is 17.3 Å². The van der Waals surface area contributed by atoms with E-state index in [4.69, 9.17) is 20.8 Å². The highest BCUT2D eigenvalue weighted by Gasteiger charge is 2.06. The molecule has 1 aromatic heterocycles. The molecule has 21 heavy (non-hydrogen) atoms. The summed E-state index contributed by atoms with van der Waals surface area (Å²) in [5.41, 5.74) is 9.79. The van der Waals surface area contributed by atoms with Crippen molar-refractivity contribution in [1.29, 1.82) is 10.7 Å². The number of hydrogen-bond donors (Lipinski definition) is 3. The molecule has 1 aromatic carbocycles. The zero-order valence-corrected chi connectivity index (χ0v) is 11.7. The summed E-state index contributed by atoms with van der Waals surface area (Å²) in [5, 5.41) is 19.7. The molecule has 0 saturated carbocycles. The van der Waals surface area contributed by atoms with Crippen molar-refractivity contribution in [3.63, 3.8) is 0 Å². The van der Waals surface area contributed by atoms with Gasteiger partial charge in [0.2, 0.25) is 5.71 Å². The Morgan fingerprint density at radius 1 is 1.57 bits per heavy atom. The summed E-state index contributed by atoms with van der Waals surface area (Å²) in [6.45, 7) is 2.12. The number of nitrogens with one attached hydrogen (secondary N) is 2. The van der Waals surface area contributed by atoms with Gasteiger partial charge in [0.25, 0.3) is 0 Å². The van der Waals surface area contributed by atoms with Crippen molar-refractivity contribution in [2.24, 2.45) is 10.8 Å². The van der Waals surface area contributed by atoms with Crippen LogP contribution in [0, 0.1) is 16.7 Å². The number of anilines is 1. The van der Waals surface area contributed by atoms with Crippen LogP contribution < -0.4 is 11.2 Å². The number of fused-ring (bicyclic) bond motifs is 1. The number of oxazole rings is 1. The number of hydrogen-bond acceptors (Lipinski definition) is 6. The number of nitrogens with two attached hydrogens (primary N) is 1. The highest BCUT2D eigenvalue weighted by atomic mass is 16.3. The standard InChI is InChI=1S/C14H16N6O/c1-2-3-4-13-18-10-6-5-9(7-12(10)21-13)19-20-11(8-15)14(16)17/h5-7,19H,2-4H2,1H3,(H3,16,17)/b20-11+. The number of hydrazone groups is 1. The van der Waals surface area contributed by atoms with E-state index in [0.717, 1.165) is 24.8 Å². The lowest BCUT2D eigenvalue weighted by atomic mass is 10.2. The maximum absolute atomic E-state index is 8.76. The summed E-state index contributed by atoms with van der Waals surface area (Å²) in [6, 6.07) is 7.07. The number of unbranched alkanes of at least 4 members (excludes halogenated alkanes) is 1. The molecule has 0 bridgehead atoms. The third kappa shape index (κ3) is 3.57. The molecule has 0 amide bonds. The SMILES string of the molecule is CCCCc1nc2ccc(N/N=C(\C#N)C(=N)N)cc2o1. The van der Waals surface area contributed by atoms with Crippen LogP contribution in [0.3, 0.4) is 0 Å². The molecule has 0 aliphatic carbocycles. The van der Waals surface area contributed by atoms with E-state index in [2.05, 4.69) is 22.4 Å². The largest absolute Gasteiger partial charge is 0.441 e. The Morgan fingerprint density at radius 3 is 3.05 bits per heavy atom. The fourth-order valence-electron chi connectivity index (χ4n) is 1.74. The van der Waals surface area contributed by atoms with Gasteiger partial charge >= 0.3 is 0 Å². The maximum Gasteiger partial charge on any atom is 0.201 e. The van der Waals surface area contributed by atoms with Gasteiger partial charge in [-0.15, -0.1) is 0 Å². The van der Waals surface area contributed by atoms with E-state index in [9.17, 15) is 0 Å². The Labute approximate surface area is 122 Å². The highest BCUT2D eigenvalue weighted by Crippen LogP contribution is 2.21. The predicted octanol–water partition coefficient (Wildman–Crippen LogP) is 2.40. The Hall–Kier alpha value is -2.88. The molecule has 0 unspecified atom stereocenters. The van der Waals surface area contributed by atoms with Gasteiger partial charge in [-0.25, -0.2) is 4.98 Å². The van der Waals surface area contributed by atoms with Gasteiger partial charge in [0.05, 0.1) is 5.69 Å². The smallest absolute Gasteiger partial charge is 0.201 e. The molecular formula is C14H16N6O. The van der Waals surface area contributed by atoms with Gasteiger partial charge in [0.1, 0.15) is 11.6 Å². The second-order valence-electron chi connectivity index (χ2n) is 4.49. The molecule has 0 aliphatic rings. The number of nitriles is 1. The van der Waals surface area contributed by atoms with Crippen LogP contribution in [0.5, 0.6) is 0 Å². The first-order chi connectivity index (χ1) is 10.1. The number of aromatic nitrogens is 1.